The van der Waals surface area contributed by atoms with E-state index in [2.05, 4.69) is 15.3 Å². The van der Waals surface area contributed by atoms with E-state index >= 15 is 0 Å². The summed E-state index contributed by atoms with van der Waals surface area (Å²) in [6, 6.07) is 8.40. The monoisotopic (exact) mass is 313 g/mol. The number of aromatic amines is 1. The SMILES string of the molecule is Cc1c(Cl)ccc2c(=O)c(C(=O)Nc3ccccn3)c[nH]c12. The standard InChI is InChI=1S/C16H12ClN3O2/c1-9-12(17)6-5-10-14(9)19-8-11(15(10)21)16(22)20-13-4-2-3-7-18-13/h2-8H,1H3,(H,19,21)(H,18,20,22). The van der Waals surface area contributed by atoms with Gasteiger partial charge in [0.15, 0.2) is 0 Å². The molecule has 0 atom stereocenters. The van der Waals surface area contributed by atoms with Gasteiger partial charge in [-0.1, -0.05) is 17.7 Å². The predicted octanol–water partition coefficient (Wildman–Crippen LogP) is 3.14. The van der Waals surface area contributed by atoms with E-state index in [1.165, 1.54) is 6.20 Å². The number of carbonyl (C=O) groups excluding carboxylic acids is 1. The van der Waals surface area contributed by atoms with Crippen molar-refractivity contribution in [2.24, 2.45) is 0 Å². The van der Waals surface area contributed by atoms with E-state index in [1.807, 2.05) is 6.92 Å². The lowest BCUT2D eigenvalue weighted by Crippen LogP contribution is -2.22. The van der Waals surface area contributed by atoms with Crippen molar-refractivity contribution in [3.8, 4) is 0 Å². The predicted molar refractivity (Wildman–Crippen MR) is 86.5 cm³/mol. The summed E-state index contributed by atoms with van der Waals surface area (Å²) >= 11 is 6.04. The second-order valence-corrected chi connectivity index (χ2v) is 5.20. The third-order valence-corrected chi connectivity index (χ3v) is 3.81. The van der Waals surface area contributed by atoms with Crippen molar-refractivity contribution in [3.05, 3.63) is 69.1 Å². The molecule has 0 radical (unpaired) electrons. The first-order valence-electron chi connectivity index (χ1n) is 6.61. The van der Waals surface area contributed by atoms with E-state index in [-0.39, 0.29) is 11.0 Å². The van der Waals surface area contributed by atoms with Crippen LogP contribution in [0.4, 0.5) is 5.82 Å². The van der Waals surface area contributed by atoms with E-state index in [0.29, 0.717) is 21.7 Å². The van der Waals surface area contributed by atoms with Crippen LogP contribution < -0.4 is 10.7 Å². The van der Waals surface area contributed by atoms with Crippen molar-refractivity contribution < 1.29 is 4.79 Å². The molecule has 2 heterocycles. The van der Waals surface area contributed by atoms with Crippen molar-refractivity contribution >= 4 is 34.2 Å². The van der Waals surface area contributed by atoms with Gasteiger partial charge in [-0.25, -0.2) is 4.98 Å². The summed E-state index contributed by atoms with van der Waals surface area (Å²) in [6.07, 6.45) is 2.96. The minimum absolute atomic E-state index is 0.0277. The number of benzene rings is 1. The van der Waals surface area contributed by atoms with Crippen LogP contribution in [0.25, 0.3) is 10.9 Å². The van der Waals surface area contributed by atoms with Crippen LogP contribution in [0.1, 0.15) is 15.9 Å². The Bertz CT molecular complexity index is 920. The minimum atomic E-state index is -0.505. The van der Waals surface area contributed by atoms with Crippen LogP contribution in [-0.2, 0) is 0 Å². The lowest BCUT2D eigenvalue weighted by Gasteiger charge is -2.07. The van der Waals surface area contributed by atoms with Crippen molar-refractivity contribution in [2.75, 3.05) is 5.32 Å². The average Bonchev–Trinajstić information content (AvgIpc) is 2.52. The van der Waals surface area contributed by atoms with Crippen LogP contribution in [0.2, 0.25) is 5.02 Å². The molecule has 0 bridgehead atoms. The molecule has 0 saturated carbocycles. The summed E-state index contributed by atoms with van der Waals surface area (Å²) in [7, 11) is 0. The van der Waals surface area contributed by atoms with Gasteiger partial charge in [-0.15, -0.1) is 0 Å². The Kier molecular flexibility index (Phi) is 3.65. The molecule has 1 aromatic carbocycles. The molecule has 110 valence electrons. The fourth-order valence-electron chi connectivity index (χ4n) is 2.21. The Morgan fingerprint density at radius 1 is 1.27 bits per heavy atom. The van der Waals surface area contributed by atoms with Crippen LogP contribution >= 0.6 is 11.6 Å². The number of hydrogen-bond acceptors (Lipinski definition) is 3. The molecule has 3 rings (SSSR count). The van der Waals surface area contributed by atoms with E-state index in [1.54, 1.807) is 36.5 Å². The van der Waals surface area contributed by atoms with Crippen LogP contribution in [0.3, 0.4) is 0 Å². The first kappa shape index (κ1) is 14.3. The number of aryl methyl sites for hydroxylation is 1. The van der Waals surface area contributed by atoms with E-state index in [4.69, 9.17) is 11.6 Å². The Morgan fingerprint density at radius 3 is 2.82 bits per heavy atom. The summed E-state index contributed by atoms with van der Waals surface area (Å²) in [4.78, 5) is 31.7. The fourth-order valence-corrected chi connectivity index (χ4v) is 2.36. The molecule has 22 heavy (non-hydrogen) atoms. The summed E-state index contributed by atoms with van der Waals surface area (Å²) in [5.74, 6) is -0.117. The second-order valence-electron chi connectivity index (χ2n) is 4.80. The molecule has 5 nitrogen and oxygen atoms in total. The molecule has 6 heteroatoms. The third-order valence-electron chi connectivity index (χ3n) is 3.40. The Morgan fingerprint density at radius 2 is 2.09 bits per heavy atom. The molecule has 0 aliphatic heterocycles. The number of carbonyl (C=O) groups is 1. The number of H-pyrrole nitrogens is 1. The summed E-state index contributed by atoms with van der Waals surface area (Å²) in [5, 5.41) is 3.58. The molecule has 0 unspecified atom stereocenters. The van der Waals surface area contributed by atoms with Gasteiger partial charge < -0.3 is 10.3 Å². The van der Waals surface area contributed by atoms with Gasteiger partial charge >= 0.3 is 0 Å². The first-order valence-corrected chi connectivity index (χ1v) is 6.98. The maximum absolute atomic E-state index is 12.5. The fraction of sp³-hybridized carbons (Fsp3) is 0.0625. The molecule has 0 saturated heterocycles. The number of amides is 1. The van der Waals surface area contributed by atoms with Crippen LogP contribution in [0, 0.1) is 6.92 Å². The smallest absolute Gasteiger partial charge is 0.262 e. The Labute approximate surface area is 131 Å². The molecule has 3 aromatic rings. The zero-order valence-corrected chi connectivity index (χ0v) is 12.4. The molecule has 0 aliphatic rings. The topological polar surface area (TPSA) is 74.8 Å². The number of fused-ring (bicyclic) bond motifs is 1. The molecular formula is C16H12ClN3O2. The van der Waals surface area contributed by atoms with Crippen molar-refractivity contribution in [1.82, 2.24) is 9.97 Å². The number of anilines is 1. The van der Waals surface area contributed by atoms with Crippen molar-refractivity contribution in [2.45, 2.75) is 6.92 Å². The van der Waals surface area contributed by atoms with Crippen LogP contribution in [0.5, 0.6) is 0 Å². The molecule has 0 aliphatic carbocycles. The molecule has 0 fully saturated rings. The van der Waals surface area contributed by atoms with E-state index in [0.717, 1.165) is 5.56 Å². The number of nitrogens with zero attached hydrogens (tertiary/aromatic N) is 1. The highest BCUT2D eigenvalue weighted by Crippen LogP contribution is 2.22. The van der Waals surface area contributed by atoms with Gasteiger partial charge in [-0.05, 0) is 36.8 Å². The second kappa shape index (κ2) is 5.61. The van der Waals surface area contributed by atoms with Crippen molar-refractivity contribution in [3.63, 3.8) is 0 Å². The summed E-state index contributed by atoms with van der Waals surface area (Å²) in [6.45, 7) is 1.81. The number of nitrogens with one attached hydrogen (secondary N) is 2. The molecule has 2 aromatic heterocycles. The molecular weight excluding hydrogens is 302 g/mol. The highest BCUT2D eigenvalue weighted by molar-refractivity contribution is 6.32. The first-order chi connectivity index (χ1) is 10.6. The zero-order valence-electron chi connectivity index (χ0n) is 11.7. The molecule has 2 N–H and O–H groups in total. The van der Waals surface area contributed by atoms with Gasteiger partial charge in [0.25, 0.3) is 5.91 Å². The lowest BCUT2D eigenvalue weighted by atomic mass is 10.1. The largest absolute Gasteiger partial charge is 0.360 e. The zero-order chi connectivity index (χ0) is 15.7. The Hall–Kier alpha value is -2.66. The van der Waals surface area contributed by atoms with Crippen LogP contribution in [-0.4, -0.2) is 15.9 Å². The van der Waals surface area contributed by atoms with E-state index < -0.39 is 5.91 Å². The van der Waals surface area contributed by atoms with Crippen molar-refractivity contribution in [1.29, 1.82) is 0 Å². The summed E-state index contributed by atoms with van der Waals surface area (Å²) in [5.41, 5.74) is 1.08. The molecule has 0 spiro atoms. The van der Waals surface area contributed by atoms with E-state index in [9.17, 15) is 9.59 Å². The van der Waals surface area contributed by atoms with Gasteiger partial charge in [0, 0.05) is 22.8 Å². The number of pyridine rings is 2. The maximum atomic E-state index is 12.5. The quantitative estimate of drug-likeness (QED) is 0.763. The number of halogens is 1. The lowest BCUT2D eigenvalue weighted by molar-refractivity contribution is 0.102. The van der Waals surface area contributed by atoms with Crippen LogP contribution in [0.15, 0.2) is 47.5 Å². The molecule has 1 amide bonds. The van der Waals surface area contributed by atoms with Gasteiger partial charge in [-0.2, -0.15) is 0 Å². The average molecular weight is 314 g/mol. The van der Waals surface area contributed by atoms with Gasteiger partial charge in [0.2, 0.25) is 5.43 Å². The highest BCUT2D eigenvalue weighted by Gasteiger charge is 2.15. The minimum Gasteiger partial charge on any atom is -0.360 e. The van der Waals surface area contributed by atoms with Gasteiger partial charge in [-0.3, -0.25) is 9.59 Å². The highest BCUT2D eigenvalue weighted by atomic mass is 35.5. The van der Waals surface area contributed by atoms with Gasteiger partial charge in [0.05, 0.1) is 5.52 Å². The number of aromatic nitrogens is 2. The van der Waals surface area contributed by atoms with Gasteiger partial charge in [0.1, 0.15) is 11.4 Å². The normalized spacial score (nSPS) is 10.6. The maximum Gasteiger partial charge on any atom is 0.262 e. The third kappa shape index (κ3) is 2.46. The number of rotatable bonds is 2. The Balaban J connectivity index is 2.05. The summed E-state index contributed by atoms with van der Waals surface area (Å²) < 4.78 is 0. The number of hydrogen-bond donors (Lipinski definition) is 2.